The van der Waals surface area contributed by atoms with Crippen molar-refractivity contribution in [2.45, 2.75) is 71.4 Å². The summed E-state index contributed by atoms with van der Waals surface area (Å²) in [7, 11) is 1.66. The van der Waals surface area contributed by atoms with Gasteiger partial charge >= 0.3 is 0 Å². The fourth-order valence-electron chi connectivity index (χ4n) is 8.27. The van der Waals surface area contributed by atoms with Crippen molar-refractivity contribution in [3.63, 3.8) is 0 Å². The Bertz CT molecular complexity index is 1450. The first-order chi connectivity index (χ1) is 20.1. The van der Waals surface area contributed by atoms with Crippen molar-refractivity contribution in [1.82, 2.24) is 10.4 Å². The number of hydrogen-bond donors (Lipinski definition) is 3. The molecule has 224 valence electrons. The van der Waals surface area contributed by atoms with Crippen molar-refractivity contribution < 1.29 is 24.6 Å². The van der Waals surface area contributed by atoms with Gasteiger partial charge in [0.25, 0.3) is 0 Å². The molecule has 0 radical (unpaired) electrons. The number of hydroxylamine groups is 2. The van der Waals surface area contributed by atoms with E-state index in [1.165, 1.54) is 6.42 Å². The van der Waals surface area contributed by atoms with Crippen LogP contribution in [0.3, 0.4) is 0 Å². The third-order valence-corrected chi connectivity index (χ3v) is 10.8. The number of nitrogens with one attached hydrogen (secondary N) is 1. The number of fused-ring (bicyclic) bond motifs is 3. The fourth-order valence-corrected chi connectivity index (χ4v) is 8.27. The van der Waals surface area contributed by atoms with Crippen LogP contribution < -0.4 is 10.1 Å². The van der Waals surface area contributed by atoms with Crippen LogP contribution in [0.15, 0.2) is 60.7 Å². The summed E-state index contributed by atoms with van der Waals surface area (Å²) >= 11 is 0. The van der Waals surface area contributed by atoms with E-state index >= 15 is 0 Å². The normalized spacial score (nSPS) is 31.0. The molecule has 7 nitrogen and oxygen atoms in total. The molecular formula is C35H44N2O5. The highest BCUT2D eigenvalue weighted by atomic mass is 16.7. The Balaban J connectivity index is 1.31. The van der Waals surface area contributed by atoms with Crippen LogP contribution >= 0.6 is 0 Å². The SMILES string of the molecule is COc1c(CN2O[C@@H](CO)[C@H]([C@H](C)O)[C@H]2C(=O)N[C@H]2C[C@H]3C[C@H]([C@@H]2C)C3(C)C)cccc1-c1cccc2ccccc12. The molecule has 7 rings (SSSR count). The molecule has 8 atom stereocenters. The predicted octanol–water partition coefficient (Wildman–Crippen LogP) is 5.18. The average Bonchev–Trinajstić information content (AvgIpc) is 3.36. The second-order valence-corrected chi connectivity index (χ2v) is 13.3. The molecule has 3 aromatic carbocycles. The number of nitrogens with zero attached hydrogens (tertiary/aromatic N) is 1. The van der Waals surface area contributed by atoms with E-state index in [2.05, 4.69) is 50.4 Å². The molecular weight excluding hydrogens is 528 g/mol. The number of aliphatic hydroxyl groups excluding tert-OH is 2. The van der Waals surface area contributed by atoms with Crippen molar-refractivity contribution in [2.75, 3.05) is 13.7 Å². The van der Waals surface area contributed by atoms with Crippen molar-refractivity contribution in [3.05, 3.63) is 66.2 Å². The van der Waals surface area contributed by atoms with Gasteiger partial charge in [0.15, 0.2) is 0 Å². The van der Waals surface area contributed by atoms with E-state index in [0.717, 1.165) is 33.9 Å². The molecule has 4 fully saturated rings. The summed E-state index contributed by atoms with van der Waals surface area (Å²) in [5, 5.41) is 28.3. The highest BCUT2D eigenvalue weighted by molar-refractivity contribution is 5.98. The van der Waals surface area contributed by atoms with E-state index in [9.17, 15) is 15.0 Å². The second kappa shape index (κ2) is 11.3. The quantitative estimate of drug-likeness (QED) is 0.345. The first kappa shape index (κ1) is 29.1. The van der Waals surface area contributed by atoms with Crippen LogP contribution in [0.4, 0.5) is 0 Å². The number of amides is 1. The van der Waals surface area contributed by atoms with Crippen molar-refractivity contribution in [1.29, 1.82) is 0 Å². The Morgan fingerprint density at radius 1 is 1.10 bits per heavy atom. The largest absolute Gasteiger partial charge is 0.496 e. The summed E-state index contributed by atoms with van der Waals surface area (Å²) in [5.74, 6) is 1.56. The molecule has 42 heavy (non-hydrogen) atoms. The zero-order chi connectivity index (χ0) is 29.8. The van der Waals surface area contributed by atoms with E-state index in [1.807, 2.05) is 36.4 Å². The van der Waals surface area contributed by atoms with E-state index in [4.69, 9.17) is 9.57 Å². The van der Waals surface area contributed by atoms with Gasteiger partial charge < -0.3 is 20.3 Å². The molecule has 2 bridgehead atoms. The van der Waals surface area contributed by atoms with E-state index in [-0.39, 0.29) is 25.1 Å². The summed E-state index contributed by atoms with van der Waals surface area (Å²) in [6.45, 7) is 8.59. The van der Waals surface area contributed by atoms with Crippen LogP contribution in [0.5, 0.6) is 5.75 Å². The van der Waals surface area contributed by atoms with Crippen molar-refractivity contribution in [3.8, 4) is 16.9 Å². The van der Waals surface area contributed by atoms with E-state index in [0.29, 0.717) is 28.9 Å². The van der Waals surface area contributed by atoms with Crippen LogP contribution in [0.25, 0.3) is 21.9 Å². The maximum absolute atomic E-state index is 14.1. The predicted molar refractivity (Wildman–Crippen MR) is 163 cm³/mol. The first-order valence-corrected chi connectivity index (χ1v) is 15.3. The lowest BCUT2D eigenvalue weighted by Gasteiger charge is -2.62. The molecule has 1 saturated heterocycles. The lowest BCUT2D eigenvalue weighted by Crippen LogP contribution is -2.62. The Labute approximate surface area is 248 Å². The molecule has 4 aliphatic rings. The minimum atomic E-state index is -0.845. The molecule has 0 unspecified atom stereocenters. The number of carbonyl (C=O) groups excluding carboxylic acids is 1. The third kappa shape index (κ3) is 4.80. The monoisotopic (exact) mass is 572 g/mol. The van der Waals surface area contributed by atoms with Gasteiger partial charge in [-0.3, -0.25) is 9.63 Å². The molecule has 1 amide bonds. The Kier molecular flexibility index (Phi) is 7.81. The summed E-state index contributed by atoms with van der Waals surface area (Å²) in [5.41, 5.74) is 3.19. The smallest absolute Gasteiger partial charge is 0.240 e. The fraction of sp³-hybridized carbons (Fsp3) is 0.514. The van der Waals surface area contributed by atoms with Gasteiger partial charge in [-0.25, -0.2) is 0 Å². The number of rotatable bonds is 8. The molecule has 1 heterocycles. The van der Waals surface area contributed by atoms with Gasteiger partial charge in [-0.15, -0.1) is 0 Å². The van der Waals surface area contributed by atoms with Gasteiger partial charge in [-0.05, 0) is 59.3 Å². The molecule has 3 N–H and O–H groups in total. The number of methoxy groups -OCH3 is 1. The lowest BCUT2D eigenvalue weighted by atomic mass is 9.45. The Morgan fingerprint density at radius 2 is 1.81 bits per heavy atom. The average molecular weight is 573 g/mol. The molecule has 1 aliphatic heterocycles. The van der Waals surface area contributed by atoms with Crippen LogP contribution in [0, 0.1) is 29.1 Å². The van der Waals surface area contributed by atoms with Gasteiger partial charge in [-0.1, -0.05) is 81.4 Å². The number of carbonyl (C=O) groups is 1. The first-order valence-electron chi connectivity index (χ1n) is 15.3. The van der Waals surface area contributed by atoms with Gasteiger partial charge in [0, 0.05) is 23.1 Å². The van der Waals surface area contributed by atoms with Crippen LogP contribution in [0.1, 0.15) is 46.1 Å². The maximum Gasteiger partial charge on any atom is 0.240 e. The zero-order valence-electron chi connectivity index (χ0n) is 25.3. The van der Waals surface area contributed by atoms with Gasteiger partial charge in [-0.2, -0.15) is 5.06 Å². The number of para-hydroxylation sites is 1. The van der Waals surface area contributed by atoms with Crippen molar-refractivity contribution in [2.24, 2.45) is 29.1 Å². The summed E-state index contributed by atoms with van der Waals surface area (Å²) in [6.07, 6.45) is 0.662. The van der Waals surface area contributed by atoms with Crippen LogP contribution in [-0.2, 0) is 16.2 Å². The summed E-state index contributed by atoms with van der Waals surface area (Å²) in [6, 6.07) is 19.9. The Morgan fingerprint density at radius 3 is 2.50 bits per heavy atom. The van der Waals surface area contributed by atoms with E-state index in [1.54, 1.807) is 19.1 Å². The molecule has 7 heteroatoms. The van der Waals surface area contributed by atoms with Gasteiger partial charge in [0.05, 0.1) is 26.4 Å². The minimum absolute atomic E-state index is 0.0863. The third-order valence-electron chi connectivity index (χ3n) is 10.8. The minimum Gasteiger partial charge on any atom is -0.496 e. The number of aliphatic hydroxyl groups is 2. The number of benzene rings is 3. The van der Waals surface area contributed by atoms with Gasteiger partial charge in [0.2, 0.25) is 5.91 Å². The topological polar surface area (TPSA) is 91.3 Å². The standard InChI is InChI=1S/C35H44N2O5/c1-20-28-16-24(35(28,3)4)17-29(20)36-34(40)32-31(21(2)39)30(19-38)42-37(32)18-23-12-9-15-27(33(23)41-5)26-14-8-11-22-10-6-7-13-25(22)26/h6-15,20-21,24,28-32,38-39H,16-19H2,1-5H3,(H,36,40)/t20-,21-,24+,28+,29-,30-,31-,32-/m0/s1. The molecule has 0 spiro atoms. The van der Waals surface area contributed by atoms with Crippen molar-refractivity contribution >= 4 is 16.7 Å². The Hall–Kier alpha value is -2.97. The second-order valence-electron chi connectivity index (χ2n) is 13.3. The molecule has 3 aliphatic carbocycles. The highest BCUT2D eigenvalue weighted by Gasteiger charge is 2.57. The van der Waals surface area contributed by atoms with Crippen LogP contribution in [-0.4, -0.2) is 59.2 Å². The lowest BCUT2D eigenvalue weighted by molar-refractivity contribution is -0.183. The maximum atomic E-state index is 14.1. The highest BCUT2D eigenvalue weighted by Crippen LogP contribution is 2.61. The van der Waals surface area contributed by atoms with Gasteiger partial charge in [0.1, 0.15) is 17.9 Å². The molecule has 3 saturated carbocycles. The molecule has 3 aromatic rings. The molecule has 0 aromatic heterocycles. The number of hydrogen-bond acceptors (Lipinski definition) is 6. The van der Waals surface area contributed by atoms with Crippen LogP contribution in [0.2, 0.25) is 0 Å². The zero-order valence-corrected chi connectivity index (χ0v) is 25.3. The summed E-state index contributed by atoms with van der Waals surface area (Å²) in [4.78, 5) is 20.3. The summed E-state index contributed by atoms with van der Waals surface area (Å²) < 4.78 is 6.00. The van der Waals surface area contributed by atoms with E-state index < -0.39 is 24.2 Å². The number of ether oxygens (including phenoxy) is 1.